The second-order valence-corrected chi connectivity index (χ2v) is 6.58. The van der Waals surface area contributed by atoms with Crippen molar-refractivity contribution in [2.24, 2.45) is 0 Å². The fourth-order valence-electron chi connectivity index (χ4n) is 3.38. The molecule has 0 spiro atoms. The van der Waals surface area contributed by atoms with E-state index in [4.69, 9.17) is 4.74 Å². The minimum absolute atomic E-state index is 0.158. The molecule has 2 aromatic carbocycles. The van der Waals surface area contributed by atoms with Gasteiger partial charge < -0.3 is 19.9 Å². The van der Waals surface area contributed by atoms with Crippen molar-refractivity contribution < 1.29 is 9.53 Å². The van der Waals surface area contributed by atoms with E-state index in [1.807, 2.05) is 31.2 Å². The zero-order valence-electron chi connectivity index (χ0n) is 15.8. The maximum atomic E-state index is 12.6. The minimum Gasteiger partial charge on any atom is -0.496 e. The van der Waals surface area contributed by atoms with Gasteiger partial charge in [0.2, 0.25) is 0 Å². The zero-order valence-corrected chi connectivity index (χ0v) is 15.8. The third-order valence-electron chi connectivity index (χ3n) is 4.97. The number of likely N-dealkylation sites (N-methyl/N-ethyl adjacent to an activating group) is 1. The number of anilines is 2. The van der Waals surface area contributed by atoms with E-state index < -0.39 is 0 Å². The molecule has 0 aromatic heterocycles. The van der Waals surface area contributed by atoms with Crippen LogP contribution in [-0.4, -0.2) is 50.6 Å². The number of benzene rings is 2. The number of rotatable bonds is 5. The number of amides is 1. The van der Waals surface area contributed by atoms with E-state index >= 15 is 0 Å². The van der Waals surface area contributed by atoms with Gasteiger partial charge in [0.15, 0.2) is 0 Å². The van der Waals surface area contributed by atoms with Gasteiger partial charge in [-0.25, -0.2) is 0 Å². The molecule has 1 saturated heterocycles. The quantitative estimate of drug-likeness (QED) is 0.895. The van der Waals surface area contributed by atoms with Gasteiger partial charge >= 0.3 is 0 Å². The molecule has 1 aliphatic heterocycles. The molecule has 138 valence electrons. The van der Waals surface area contributed by atoms with Crippen LogP contribution in [0.15, 0.2) is 42.5 Å². The first kappa shape index (κ1) is 18.3. The number of piperazine rings is 1. The average molecular weight is 353 g/mol. The summed E-state index contributed by atoms with van der Waals surface area (Å²) in [5.74, 6) is 0.463. The standard InChI is InChI=1S/C21H27N3O2/c1-4-23-12-14-24(15-13-23)18-10-8-17(9-11-18)22-21(25)19-7-5-6-16(2)20(19)26-3/h5-11H,4,12-15H2,1-3H3,(H,22,25). The first-order valence-electron chi connectivity index (χ1n) is 9.14. The molecule has 0 unspecified atom stereocenters. The number of carbonyl (C=O) groups excluding carboxylic acids is 1. The Morgan fingerprint density at radius 3 is 2.38 bits per heavy atom. The molecule has 5 nitrogen and oxygen atoms in total. The zero-order chi connectivity index (χ0) is 18.5. The lowest BCUT2D eigenvalue weighted by Crippen LogP contribution is -2.46. The Balaban J connectivity index is 1.66. The molecule has 1 aliphatic rings. The summed E-state index contributed by atoms with van der Waals surface area (Å²) in [6.07, 6.45) is 0. The molecular formula is C21H27N3O2. The van der Waals surface area contributed by atoms with Crippen LogP contribution in [0.3, 0.4) is 0 Å². The van der Waals surface area contributed by atoms with Crippen LogP contribution in [0.5, 0.6) is 5.75 Å². The van der Waals surface area contributed by atoms with Gasteiger partial charge in [-0.2, -0.15) is 0 Å². The number of hydrogen-bond donors (Lipinski definition) is 1. The van der Waals surface area contributed by atoms with E-state index in [0.717, 1.165) is 44.0 Å². The molecule has 0 aliphatic carbocycles. The first-order chi connectivity index (χ1) is 12.6. The monoisotopic (exact) mass is 353 g/mol. The summed E-state index contributed by atoms with van der Waals surface area (Å²) in [7, 11) is 1.59. The van der Waals surface area contributed by atoms with Crippen LogP contribution < -0.4 is 15.0 Å². The number of hydrogen-bond acceptors (Lipinski definition) is 4. The number of carbonyl (C=O) groups is 1. The lowest BCUT2D eigenvalue weighted by Gasteiger charge is -2.35. The Labute approximate surface area is 155 Å². The maximum absolute atomic E-state index is 12.6. The Hall–Kier alpha value is -2.53. The molecule has 0 saturated carbocycles. The SMILES string of the molecule is CCN1CCN(c2ccc(NC(=O)c3cccc(C)c3OC)cc2)CC1. The van der Waals surface area contributed by atoms with Gasteiger partial charge in [-0.15, -0.1) is 0 Å². The van der Waals surface area contributed by atoms with Crippen molar-refractivity contribution in [2.45, 2.75) is 13.8 Å². The van der Waals surface area contributed by atoms with Crippen molar-refractivity contribution >= 4 is 17.3 Å². The first-order valence-corrected chi connectivity index (χ1v) is 9.14. The van der Waals surface area contributed by atoms with Crippen LogP contribution in [0, 0.1) is 6.92 Å². The molecule has 5 heteroatoms. The number of nitrogens with zero attached hydrogens (tertiary/aromatic N) is 2. The van der Waals surface area contributed by atoms with E-state index in [1.54, 1.807) is 13.2 Å². The second-order valence-electron chi connectivity index (χ2n) is 6.58. The summed E-state index contributed by atoms with van der Waals surface area (Å²) in [5.41, 5.74) is 3.48. The Bertz CT molecular complexity index is 750. The number of methoxy groups -OCH3 is 1. The van der Waals surface area contributed by atoms with E-state index in [0.29, 0.717) is 11.3 Å². The lowest BCUT2D eigenvalue weighted by atomic mass is 10.1. The Kier molecular flexibility index (Phi) is 5.78. The van der Waals surface area contributed by atoms with Crippen molar-refractivity contribution in [1.82, 2.24) is 4.90 Å². The third kappa shape index (κ3) is 3.99. The van der Waals surface area contributed by atoms with E-state index in [9.17, 15) is 4.79 Å². The van der Waals surface area contributed by atoms with Crippen LogP contribution >= 0.6 is 0 Å². The molecule has 0 atom stereocenters. The summed E-state index contributed by atoms with van der Waals surface area (Å²) in [5, 5.41) is 2.96. The molecule has 1 amide bonds. The van der Waals surface area contributed by atoms with E-state index in [1.165, 1.54) is 5.69 Å². The van der Waals surface area contributed by atoms with Crippen molar-refractivity contribution in [1.29, 1.82) is 0 Å². The van der Waals surface area contributed by atoms with Crippen molar-refractivity contribution in [2.75, 3.05) is 50.1 Å². The highest BCUT2D eigenvalue weighted by Crippen LogP contribution is 2.25. The number of nitrogens with one attached hydrogen (secondary N) is 1. The lowest BCUT2D eigenvalue weighted by molar-refractivity contribution is 0.102. The van der Waals surface area contributed by atoms with Gasteiger partial charge in [0.05, 0.1) is 12.7 Å². The van der Waals surface area contributed by atoms with E-state index in [-0.39, 0.29) is 5.91 Å². The average Bonchev–Trinajstić information content (AvgIpc) is 2.68. The van der Waals surface area contributed by atoms with Crippen LogP contribution in [0.1, 0.15) is 22.8 Å². The van der Waals surface area contributed by atoms with Crippen LogP contribution in [0.25, 0.3) is 0 Å². The minimum atomic E-state index is -0.158. The molecule has 1 heterocycles. The molecule has 1 N–H and O–H groups in total. The summed E-state index contributed by atoms with van der Waals surface area (Å²) < 4.78 is 5.38. The highest BCUT2D eigenvalue weighted by molar-refractivity contribution is 6.06. The third-order valence-corrected chi connectivity index (χ3v) is 4.97. The predicted octanol–water partition coefficient (Wildman–Crippen LogP) is 3.40. The summed E-state index contributed by atoms with van der Waals surface area (Å²) in [6, 6.07) is 13.6. The molecular weight excluding hydrogens is 326 g/mol. The fraction of sp³-hybridized carbons (Fsp3) is 0.381. The van der Waals surface area contributed by atoms with Crippen LogP contribution in [-0.2, 0) is 0 Å². The number of para-hydroxylation sites is 1. The van der Waals surface area contributed by atoms with Crippen LogP contribution in [0.4, 0.5) is 11.4 Å². The van der Waals surface area contributed by atoms with Crippen molar-refractivity contribution in [3.05, 3.63) is 53.6 Å². The highest BCUT2D eigenvalue weighted by Gasteiger charge is 2.17. The van der Waals surface area contributed by atoms with Gasteiger partial charge in [0, 0.05) is 37.6 Å². The van der Waals surface area contributed by atoms with Gasteiger partial charge in [-0.3, -0.25) is 4.79 Å². The van der Waals surface area contributed by atoms with Crippen molar-refractivity contribution in [3.8, 4) is 5.75 Å². The molecule has 26 heavy (non-hydrogen) atoms. The number of aryl methyl sites for hydroxylation is 1. The predicted molar refractivity (Wildman–Crippen MR) is 106 cm³/mol. The highest BCUT2D eigenvalue weighted by atomic mass is 16.5. The van der Waals surface area contributed by atoms with Gasteiger partial charge in [0.25, 0.3) is 5.91 Å². The second kappa shape index (κ2) is 8.23. The topological polar surface area (TPSA) is 44.8 Å². The van der Waals surface area contributed by atoms with Gasteiger partial charge in [-0.1, -0.05) is 19.1 Å². The van der Waals surface area contributed by atoms with E-state index in [2.05, 4.69) is 34.2 Å². The maximum Gasteiger partial charge on any atom is 0.259 e. The Morgan fingerprint density at radius 1 is 1.08 bits per heavy atom. The smallest absolute Gasteiger partial charge is 0.259 e. The van der Waals surface area contributed by atoms with Crippen molar-refractivity contribution in [3.63, 3.8) is 0 Å². The molecule has 1 fully saturated rings. The number of ether oxygens (including phenoxy) is 1. The molecule has 0 bridgehead atoms. The summed E-state index contributed by atoms with van der Waals surface area (Å²) in [6.45, 7) is 9.53. The normalized spacial score (nSPS) is 15.0. The Morgan fingerprint density at radius 2 is 1.77 bits per heavy atom. The molecule has 3 rings (SSSR count). The molecule has 2 aromatic rings. The summed E-state index contributed by atoms with van der Waals surface area (Å²) in [4.78, 5) is 17.4. The fourth-order valence-corrected chi connectivity index (χ4v) is 3.38. The summed E-state index contributed by atoms with van der Waals surface area (Å²) >= 11 is 0. The van der Waals surface area contributed by atoms with Crippen LogP contribution in [0.2, 0.25) is 0 Å². The largest absolute Gasteiger partial charge is 0.496 e. The van der Waals surface area contributed by atoms with Gasteiger partial charge in [-0.05, 0) is 49.4 Å². The molecule has 0 radical (unpaired) electrons. The van der Waals surface area contributed by atoms with Gasteiger partial charge in [0.1, 0.15) is 5.75 Å².